The van der Waals surface area contributed by atoms with Gasteiger partial charge >= 0.3 is 0 Å². The average Bonchev–Trinajstić information content (AvgIpc) is 2.61. The van der Waals surface area contributed by atoms with Crippen LogP contribution in [0.3, 0.4) is 0 Å². The Bertz CT molecular complexity index is 768. The van der Waals surface area contributed by atoms with Gasteiger partial charge < -0.3 is 14.8 Å². The number of carbonyl (C=O) groups excluding carboxylic acids is 1. The van der Waals surface area contributed by atoms with E-state index in [-0.39, 0.29) is 17.6 Å². The molecule has 4 nitrogen and oxygen atoms in total. The Morgan fingerprint density at radius 3 is 3.00 bits per heavy atom. The molecule has 0 aromatic heterocycles. The summed E-state index contributed by atoms with van der Waals surface area (Å²) >= 11 is 3.23. The minimum absolute atomic E-state index is 0.213. The van der Waals surface area contributed by atoms with E-state index < -0.39 is 6.10 Å². The molecule has 2 aromatic carbocycles. The van der Waals surface area contributed by atoms with E-state index in [9.17, 15) is 9.18 Å². The van der Waals surface area contributed by atoms with E-state index in [0.29, 0.717) is 23.4 Å². The molecule has 3 rings (SSSR count). The van der Waals surface area contributed by atoms with Crippen LogP contribution in [-0.2, 0) is 11.2 Å². The van der Waals surface area contributed by atoms with E-state index in [0.717, 1.165) is 17.7 Å². The first-order valence-corrected chi connectivity index (χ1v) is 8.92. The Hall–Kier alpha value is -2.08. The molecule has 1 heterocycles. The molecule has 2 unspecified atom stereocenters. The number of rotatable bonds is 5. The fraction of sp³-hybridized carbons (Fsp3) is 0.316. The van der Waals surface area contributed by atoms with Gasteiger partial charge in [0.15, 0.2) is 6.10 Å². The highest BCUT2D eigenvalue weighted by atomic mass is 79.9. The second-order valence-electron chi connectivity index (χ2n) is 6.07. The molecule has 1 aliphatic rings. The summed E-state index contributed by atoms with van der Waals surface area (Å²) in [6.45, 7) is 2.76. The molecule has 0 radical (unpaired) electrons. The normalized spacial score (nSPS) is 17.2. The van der Waals surface area contributed by atoms with E-state index >= 15 is 0 Å². The SMILES string of the molecule is CC(Oc1ccc(F)cc1Br)C(=O)NCC1COc2ccccc2C1. The van der Waals surface area contributed by atoms with Gasteiger partial charge in [0, 0.05) is 12.5 Å². The summed E-state index contributed by atoms with van der Waals surface area (Å²) in [4.78, 5) is 12.2. The summed E-state index contributed by atoms with van der Waals surface area (Å²) in [5.74, 6) is 0.995. The smallest absolute Gasteiger partial charge is 0.260 e. The Morgan fingerprint density at radius 2 is 2.20 bits per heavy atom. The summed E-state index contributed by atoms with van der Waals surface area (Å²) < 4.78 is 24.9. The maximum absolute atomic E-state index is 13.1. The number of hydrogen-bond acceptors (Lipinski definition) is 3. The van der Waals surface area contributed by atoms with Gasteiger partial charge in [-0.05, 0) is 59.1 Å². The van der Waals surface area contributed by atoms with Crippen LogP contribution in [0.2, 0.25) is 0 Å². The maximum atomic E-state index is 13.1. The molecule has 1 amide bonds. The second kappa shape index (κ2) is 7.87. The topological polar surface area (TPSA) is 47.6 Å². The van der Waals surface area contributed by atoms with Crippen LogP contribution in [0.5, 0.6) is 11.5 Å². The second-order valence-corrected chi connectivity index (χ2v) is 6.92. The summed E-state index contributed by atoms with van der Waals surface area (Å²) in [6.07, 6.45) is 0.188. The molecule has 25 heavy (non-hydrogen) atoms. The van der Waals surface area contributed by atoms with Crippen molar-refractivity contribution in [1.82, 2.24) is 5.32 Å². The third-order valence-corrected chi connectivity index (χ3v) is 4.71. The van der Waals surface area contributed by atoms with Crippen LogP contribution >= 0.6 is 15.9 Å². The Balaban J connectivity index is 1.51. The van der Waals surface area contributed by atoms with Crippen LogP contribution in [0.25, 0.3) is 0 Å². The van der Waals surface area contributed by atoms with Crippen LogP contribution in [-0.4, -0.2) is 25.2 Å². The Kier molecular flexibility index (Phi) is 5.58. The minimum Gasteiger partial charge on any atom is -0.493 e. The van der Waals surface area contributed by atoms with E-state index in [1.807, 2.05) is 24.3 Å². The predicted octanol–water partition coefficient (Wildman–Crippen LogP) is 3.72. The zero-order valence-electron chi connectivity index (χ0n) is 13.8. The number of amides is 1. The molecule has 6 heteroatoms. The van der Waals surface area contributed by atoms with Gasteiger partial charge in [-0.25, -0.2) is 4.39 Å². The molecular weight excluding hydrogens is 389 g/mol. The molecule has 2 aromatic rings. The number of hydrogen-bond donors (Lipinski definition) is 1. The number of halogens is 2. The quantitative estimate of drug-likeness (QED) is 0.821. The third-order valence-electron chi connectivity index (χ3n) is 4.09. The maximum Gasteiger partial charge on any atom is 0.260 e. The lowest BCUT2D eigenvalue weighted by Crippen LogP contribution is -2.41. The molecule has 132 valence electrons. The van der Waals surface area contributed by atoms with Crippen LogP contribution in [0.15, 0.2) is 46.9 Å². The highest BCUT2D eigenvalue weighted by Crippen LogP contribution is 2.27. The van der Waals surface area contributed by atoms with Crippen LogP contribution in [0.4, 0.5) is 4.39 Å². The van der Waals surface area contributed by atoms with Gasteiger partial charge in [0.1, 0.15) is 17.3 Å². The predicted molar refractivity (Wildman–Crippen MR) is 96.3 cm³/mol. The van der Waals surface area contributed by atoms with Crippen molar-refractivity contribution in [2.45, 2.75) is 19.4 Å². The molecule has 0 fully saturated rings. The van der Waals surface area contributed by atoms with Crippen molar-refractivity contribution in [3.63, 3.8) is 0 Å². The van der Waals surface area contributed by atoms with Gasteiger partial charge in [0.2, 0.25) is 0 Å². The first-order valence-electron chi connectivity index (χ1n) is 8.13. The first-order chi connectivity index (χ1) is 12.0. The van der Waals surface area contributed by atoms with E-state index in [1.165, 1.54) is 18.2 Å². The fourth-order valence-corrected chi connectivity index (χ4v) is 3.17. The number of nitrogens with one attached hydrogen (secondary N) is 1. The number of fused-ring (bicyclic) bond motifs is 1. The standard InChI is InChI=1S/C19H19BrFNO3/c1-12(25-18-7-6-15(21)9-16(18)20)19(23)22-10-13-8-14-4-2-3-5-17(14)24-11-13/h2-7,9,12-13H,8,10-11H2,1H3,(H,22,23). The van der Waals surface area contributed by atoms with Crippen molar-refractivity contribution < 1.29 is 18.7 Å². The van der Waals surface area contributed by atoms with Crippen molar-refractivity contribution in [3.8, 4) is 11.5 Å². The molecule has 0 spiro atoms. The zero-order chi connectivity index (χ0) is 17.8. The molecule has 0 saturated heterocycles. The van der Waals surface area contributed by atoms with Gasteiger partial charge in [-0.15, -0.1) is 0 Å². The molecule has 0 bridgehead atoms. The van der Waals surface area contributed by atoms with Gasteiger partial charge in [-0.2, -0.15) is 0 Å². The van der Waals surface area contributed by atoms with Gasteiger partial charge in [-0.1, -0.05) is 18.2 Å². The third kappa shape index (κ3) is 4.51. The highest BCUT2D eigenvalue weighted by Gasteiger charge is 2.22. The van der Waals surface area contributed by atoms with Crippen molar-refractivity contribution in [1.29, 1.82) is 0 Å². The van der Waals surface area contributed by atoms with Crippen LogP contribution < -0.4 is 14.8 Å². The molecular formula is C19H19BrFNO3. The number of para-hydroxylation sites is 1. The number of ether oxygens (including phenoxy) is 2. The summed E-state index contributed by atoms with van der Waals surface area (Å²) in [6, 6.07) is 12.0. The van der Waals surface area contributed by atoms with Crippen molar-refractivity contribution in [3.05, 3.63) is 58.3 Å². The van der Waals surface area contributed by atoms with Gasteiger partial charge in [-0.3, -0.25) is 4.79 Å². The Labute approximate surface area is 154 Å². The summed E-state index contributed by atoms with van der Waals surface area (Å²) in [5, 5.41) is 2.90. The van der Waals surface area contributed by atoms with Crippen molar-refractivity contribution in [2.24, 2.45) is 5.92 Å². The van der Waals surface area contributed by atoms with Crippen LogP contribution in [0.1, 0.15) is 12.5 Å². The van der Waals surface area contributed by atoms with E-state index in [2.05, 4.69) is 21.2 Å². The number of carbonyl (C=O) groups is 1. The lowest BCUT2D eigenvalue weighted by atomic mass is 9.97. The lowest BCUT2D eigenvalue weighted by molar-refractivity contribution is -0.127. The molecule has 1 aliphatic heterocycles. The molecule has 1 N–H and O–H groups in total. The number of benzene rings is 2. The summed E-state index contributed by atoms with van der Waals surface area (Å²) in [7, 11) is 0. The largest absolute Gasteiger partial charge is 0.493 e. The first kappa shape index (κ1) is 17.7. The molecule has 0 saturated carbocycles. The summed E-state index contributed by atoms with van der Waals surface area (Å²) in [5.41, 5.74) is 1.16. The minimum atomic E-state index is -0.682. The lowest BCUT2D eigenvalue weighted by Gasteiger charge is -2.26. The van der Waals surface area contributed by atoms with E-state index in [4.69, 9.17) is 9.47 Å². The van der Waals surface area contributed by atoms with Crippen LogP contribution in [0, 0.1) is 11.7 Å². The average molecular weight is 408 g/mol. The van der Waals surface area contributed by atoms with Gasteiger partial charge in [0.25, 0.3) is 5.91 Å². The highest BCUT2D eigenvalue weighted by molar-refractivity contribution is 9.10. The van der Waals surface area contributed by atoms with Crippen molar-refractivity contribution in [2.75, 3.05) is 13.2 Å². The Morgan fingerprint density at radius 1 is 1.40 bits per heavy atom. The van der Waals surface area contributed by atoms with Crippen molar-refractivity contribution >= 4 is 21.8 Å². The monoisotopic (exact) mass is 407 g/mol. The zero-order valence-corrected chi connectivity index (χ0v) is 15.4. The molecule has 2 atom stereocenters. The molecule has 0 aliphatic carbocycles. The van der Waals surface area contributed by atoms with E-state index in [1.54, 1.807) is 6.92 Å². The fourth-order valence-electron chi connectivity index (χ4n) is 2.73. The van der Waals surface area contributed by atoms with Gasteiger partial charge in [0.05, 0.1) is 11.1 Å².